The van der Waals surface area contributed by atoms with Crippen molar-refractivity contribution in [3.8, 4) is 0 Å². The second-order valence-electron chi connectivity index (χ2n) is 5.72. The third-order valence-electron chi connectivity index (χ3n) is 2.69. The molecule has 1 aliphatic carbocycles. The van der Waals surface area contributed by atoms with Gasteiger partial charge in [-0.15, -0.1) is 18.6 Å². The second kappa shape index (κ2) is 7.81. The minimum absolute atomic E-state index is 0.158. The molecule has 1 aliphatic rings. The van der Waals surface area contributed by atoms with Crippen LogP contribution in [0, 0.1) is 5.54 Å². The molecule has 0 aromatic rings. The monoisotopic (exact) mass is 315 g/mol. The van der Waals surface area contributed by atoms with E-state index in [4.69, 9.17) is 23.6 Å². The number of nitrogens with zero attached hydrogens (tertiary/aromatic N) is 1. The first kappa shape index (κ1) is 17.5. The molecule has 0 saturated heterocycles. The van der Waals surface area contributed by atoms with Crippen molar-refractivity contribution in [1.29, 1.82) is 0 Å². The zero-order chi connectivity index (χ0) is 12.8. The molecule has 1 fully saturated rings. The number of rotatable bonds is 2. The summed E-state index contributed by atoms with van der Waals surface area (Å²) < 4.78 is 0. The molecule has 5 heteroatoms. The molecular weight excluding hydrogens is 293 g/mol. The molecule has 0 aliphatic heterocycles. The maximum absolute atomic E-state index is 5.03. The molecule has 0 bridgehead atoms. The van der Waals surface area contributed by atoms with Crippen molar-refractivity contribution in [2.45, 2.75) is 65.1 Å². The van der Waals surface area contributed by atoms with E-state index in [2.05, 4.69) is 33.9 Å². The van der Waals surface area contributed by atoms with Crippen LogP contribution in [0.5, 0.6) is 0 Å². The summed E-state index contributed by atoms with van der Waals surface area (Å²) in [5.74, 6) is 0. The van der Waals surface area contributed by atoms with Crippen molar-refractivity contribution in [2.75, 3.05) is 0 Å². The topological polar surface area (TPSA) is 14.1 Å². The van der Waals surface area contributed by atoms with Crippen LogP contribution in [0.25, 0.3) is 4.98 Å². The summed E-state index contributed by atoms with van der Waals surface area (Å²) in [5.41, 5.74) is 1.95. The number of halogens is 2. The third kappa shape index (κ3) is 7.73. The van der Waals surface area contributed by atoms with Crippen LogP contribution in [0.15, 0.2) is 0 Å². The van der Waals surface area contributed by atoms with E-state index in [1.165, 1.54) is 25.7 Å². The molecule has 0 spiro atoms. The van der Waals surface area contributed by atoms with E-state index in [1.54, 1.807) is 5.54 Å². The first-order valence-corrected chi connectivity index (χ1v) is 13.0. The quantitative estimate of drug-likeness (QED) is 0.476. The van der Waals surface area contributed by atoms with Crippen LogP contribution >= 0.6 is 18.6 Å². The zero-order valence-electron chi connectivity index (χ0n) is 11.0. The van der Waals surface area contributed by atoms with E-state index in [0.717, 1.165) is 0 Å². The molecule has 0 unspecified atom stereocenters. The van der Waals surface area contributed by atoms with Crippen molar-refractivity contribution in [3.63, 3.8) is 0 Å². The van der Waals surface area contributed by atoms with Crippen LogP contribution in [0.3, 0.4) is 0 Å². The van der Waals surface area contributed by atoms with E-state index >= 15 is 0 Å². The fourth-order valence-corrected chi connectivity index (χ4v) is 5.74. The number of hydrogen-bond acceptors (Lipinski definition) is 0. The van der Waals surface area contributed by atoms with Gasteiger partial charge in [-0.1, -0.05) is 33.6 Å². The van der Waals surface area contributed by atoms with E-state index in [0.29, 0.717) is 0 Å². The van der Waals surface area contributed by atoms with Crippen molar-refractivity contribution >= 4 is 26.8 Å². The SMILES string of the molecule is CC(C)(C)[N-][Si](C)(C)[C-]1CCCC1.[Cl][Ti][Cl]. The van der Waals surface area contributed by atoms with Gasteiger partial charge in [-0.05, 0) is 0 Å². The van der Waals surface area contributed by atoms with Crippen molar-refractivity contribution in [1.82, 2.24) is 0 Å². The molecule has 0 aromatic heterocycles. The molecule has 16 heavy (non-hydrogen) atoms. The molecule has 0 amide bonds. The predicted octanol–water partition coefficient (Wildman–Crippen LogP) is 5.43. The minimum atomic E-state index is -1.36. The van der Waals surface area contributed by atoms with Crippen LogP contribution in [0.2, 0.25) is 13.1 Å². The summed E-state index contributed by atoms with van der Waals surface area (Å²) >= 11 is -0.556. The Morgan fingerprint density at radius 1 is 1.12 bits per heavy atom. The van der Waals surface area contributed by atoms with Gasteiger partial charge in [0, 0.05) is 0 Å². The first-order valence-electron chi connectivity index (χ1n) is 5.78. The Hall–Kier alpha value is 1.47. The molecule has 1 saturated carbocycles. The Labute approximate surface area is 119 Å². The van der Waals surface area contributed by atoms with E-state index in [1.807, 2.05) is 0 Å². The number of hydrogen-bond donors (Lipinski definition) is 0. The van der Waals surface area contributed by atoms with Gasteiger partial charge < -0.3 is 10.5 Å². The molecule has 0 radical (unpaired) electrons. The summed E-state index contributed by atoms with van der Waals surface area (Å²) in [6.45, 7) is 11.5. The first-order chi connectivity index (χ1) is 7.23. The van der Waals surface area contributed by atoms with E-state index in [-0.39, 0.29) is 5.54 Å². The van der Waals surface area contributed by atoms with Crippen LogP contribution in [-0.4, -0.2) is 13.8 Å². The fourth-order valence-electron chi connectivity index (χ4n) is 2.33. The third-order valence-corrected chi connectivity index (χ3v) is 6.15. The Kier molecular flexibility index (Phi) is 8.53. The Balaban J connectivity index is 0.000000673. The average Bonchev–Trinajstić information content (AvgIpc) is 2.51. The maximum atomic E-state index is 5.03. The zero-order valence-corrected chi connectivity index (χ0v) is 15.1. The standard InChI is InChI=1S/C11H23NSi.2ClH.Ti/c1-11(2,3)12-13(4,5)10-8-6-7-9-10;;;/h6-9H2,1-5H3;2*1H;/q-2;;;+2/p-2. The Morgan fingerprint density at radius 2 is 1.50 bits per heavy atom. The van der Waals surface area contributed by atoms with Gasteiger partial charge in [0.25, 0.3) is 0 Å². The van der Waals surface area contributed by atoms with Crippen molar-refractivity contribution < 1.29 is 17.0 Å². The summed E-state index contributed by atoms with van der Waals surface area (Å²) in [6.07, 6.45) is 5.54. The molecule has 0 atom stereocenters. The van der Waals surface area contributed by atoms with Crippen molar-refractivity contribution in [3.05, 3.63) is 10.5 Å². The molecule has 0 aromatic carbocycles. The predicted molar refractivity (Wildman–Crippen MR) is 74.0 cm³/mol. The van der Waals surface area contributed by atoms with Crippen LogP contribution in [-0.2, 0) is 17.0 Å². The summed E-state index contributed by atoms with van der Waals surface area (Å²) in [7, 11) is 8.41. The Morgan fingerprint density at radius 3 is 1.81 bits per heavy atom. The van der Waals surface area contributed by atoms with Gasteiger partial charge in [0.05, 0.1) is 0 Å². The van der Waals surface area contributed by atoms with Crippen molar-refractivity contribution in [2.24, 2.45) is 0 Å². The molecule has 96 valence electrons. The van der Waals surface area contributed by atoms with Gasteiger partial charge in [-0.2, -0.15) is 12.8 Å². The molecular formula is C11H23Cl2NSiTi-2. The van der Waals surface area contributed by atoms with E-state index < -0.39 is 25.3 Å². The van der Waals surface area contributed by atoms with E-state index in [9.17, 15) is 0 Å². The normalized spacial score (nSPS) is 17.9. The average molecular weight is 316 g/mol. The van der Waals surface area contributed by atoms with Crippen LogP contribution in [0.1, 0.15) is 46.5 Å². The molecule has 1 nitrogen and oxygen atoms in total. The molecule has 0 N–H and O–H groups in total. The van der Waals surface area contributed by atoms with Crippen LogP contribution < -0.4 is 0 Å². The fraction of sp³-hybridized carbons (Fsp3) is 0.909. The van der Waals surface area contributed by atoms with Crippen LogP contribution in [0.4, 0.5) is 0 Å². The van der Waals surface area contributed by atoms with Gasteiger partial charge in [0.1, 0.15) is 0 Å². The summed E-state index contributed by atoms with van der Waals surface area (Å²) in [4.78, 5) is 5.03. The van der Waals surface area contributed by atoms with Gasteiger partial charge in [-0.25, -0.2) is 8.24 Å². The van der Waals surface area contributed by atoms with Gasteiger partial charge in [0.15, 0.2) is 0 Å². The molecule has 1 rings (SSSR count). The Bertz CT molecular complexity index is 189. The second-order valence-corrected chi connectivity index (χ2v) is 12.4. The van der Waals surface area contributed by atoms with Gasteiger partial charge in [0.2, 0.25) is 0 Å². The van der Waals surface area contributed by atoms with Gasteiger partial charge >= 0.3 is 35.6 Å². The summed E-state index contributed by atoms with van der Waals surface area (Å²) in [6, 6.07) is 0. The van der Waals surface area contributed by atoms with Gasteiger partial charge in [-0.3, -0.25) is 0 Å². The summed E-state index contributed by atoms with van der Waals surface area (Å²) in [5, 5.41) is 0. The molecule has 0 heterocycles.